The number of aromatic nitrogens is 5. The van der Waals surface area contributed by atoms with E-state index in [4.69, 9.17) is 26.4 Å². The first kappa shape index (κ1) is 62.3. The van der Waals surface area contributed by atoms with Crippen LogP contribution in [0, 0.1) is 23.5 Å². The van der Waals surface area contributed by atoms with E-state index >= 15 is 8.78 Å². The third kappa shape index (κ3) is 15.8. The van der Waals surface area contributed by atoms with Gasteiger partial charge in [0.2, 0.25) is 5.91 Å². The van der Waals surface area contributed by atoms with E-state index in [1.54, 1.807) is 20.1 Å². The highest BCUT2D eigenvalue weighted by Crippen LogP contribution is 2.47. The van der Waals surface area contributed by atoms with Gasteiger partial charge >= 0.3 is 27.0 Å². The molecular formula is C47H50ClF10N8O8PS2. The maximum atomic E-state index is 15.1. The Morgan fingerprint density at radius 1 is 1.01 bits per heavy atom. The number of carbonyl (C=O) groups excluding carboxylic acids is 3. The number of amides is 3. The average Bonchev–Trinajstić information content (AvgIpc) is 4.14. The minimum absolute atomic E-state index is 0.0170. The lowest BCUT2D eigenvalue weighted by Crippen LogP contribution is -2.43. The van der Waals surface area contributed by atoms with Crippen molar-refractivity contribution >= 4 is 78.1 Å². The molecule has 2 aliphatic rings. The molecule has 0 bridgehead atoms. The van der Waals surface area contributed by atoms with Crippen molar-refractivity contribution in [3.63, 3.8) is 0 Å². The van der Waals surface area contributed by atoms with Crippen molar-refractivity contribution in [1.82, 2.24) is 34.8 Å². The van der Waals surface area contributed by atoms with Gasteiger partial charge in [0.1, 0.15) is 47.1 Å². The molecule has 1 aliphatic carbocycles. The van der Waals surface area contributed by atoms with Crippen LogP contribution < -0.4 is 9.62 Å². The zero-order chi connectivity index (χ0) is 57.4. The molecule has 0 spiro atoms. The topological polar surface area (TPSA) is 194 Å². The maximum Gasteiger partial charge on any atom is 0.435 e. The summed E-state index contributed by atoms with van der Waals surface area (Å²) in [5.74, 6) is -1.66. The molecule has 2 aromatic carbocycles. The highest BCUT2D eigenvalue weighted by Gasteiger charge is 2.50. The number of likely N-dealkylation sites (tertiary alicyclic amines) is 1. The maximum absolute atomic E-state index is 15.1. The summed E-state index contributed by atoms with van der Waals surface area (Å²) in [6.07, 6.45) is -8.18. The minimum Gasteiger partial charge on any atom is -0.440 e. The van der Waals surface area contributed by atoms with Crippen molar-refractivity contribution in [3.05, 3.63) is 93.0 Å². The Labute approximate surface area is 447 Å². The number of hydrogen-bond donors (Lipinski definition) is 3. The van der Waals surface area contributed by atoms with E-state index < -0.39 is 134 Å². The van der Waals surface area contributed by atoms with Crippen LogP contribution in [-0.2, 0) is 67.9 Å². The zero-order valence-corrected chi connectivity index (χ0v) is 44.9. The molecule has 3 N–H and O–H groups in total. The van der Waals surface area contributed by atoms with Gasteiger partial charge in [-0.2, -0.15) is 49.6 Å². The number of hydrogen-bond acceptors (Lipinski definition) is 12. The van der Waals surface area contributed by atoms with E-state index in [2.05, 4.69) is 36.6 Å². The fourth-order valence-corrected chi connectivity index (χ4v) is 9.37. The highest BCUT2D eigenvalue weighted by atomic mass is 35.5. The molecule has 7 rings (SSSR count). The van der Waals surface area contributed by atoms with Crippen molar-refractivity contribution in [2.45, 2.75) is 102 Å². The lowest BCUT2D eigenvalue weighted by atomic mass is 9.93. The van der Waals surface area contributed by atoms with Gasteiger partial charge in [-0.25, -0.2) is 22.8 Å². The third-order valence-electron chi connectivity index (χ3n) is 11.3. The number of thioether (sulfide) groups is 1. The number of nitrogens with zero attached hydrogens (tertiary/aromatic N) is 7. The van der Waals surface area contributed by atoms with Crippen LogP contribution in [0.4, 0.5) is 54.5 Å². The summed E-state index contributed by atoms with van der Waals surface area (Å²) in [6.45, 7) is 4.89. The number of carbonyl (C=O) groups is 3. The van der Waals surface area contributed by atoms with E-state index in [9.17, 15) is 53.7 Å². The fraction of sp³-hybridized carbons (Fsp3) is 0.447. The Balaban J connectivity index is 0.00000100. The van der Waals surface area contributed by atoms with Crippen LogP contribution in [0.15, 0.2) is 42.5 Å². The number of nitrogens with one attached hydrogen (secondary N) is 1. The summed E-state index contributed by atoms with van der Waals surface area (Å²) in [5.41, 5.74) is -4.38. The quantitative estimate of drug-likeness (QED) is 0.0225. The molecule has 16 nitrogen and oxygen atoms in total. The zero-order valence-electron chi connectivity index (χ0n) is 41.7. The van der Waals surface area contributed by atoms with Crippen LogP contribution in [0.5, 0.6) is 0 Å². The summed E-state index contributed by atoms with van der Waals surface area (Å²) in [6, 6.07) is 5.30. The fourth-order valence-electron chi connectivity index (χ4n) is 8.12. The first-order chi connectivity index (χ1) is 36.0. The lowest BCUT2D eigenvalue weighted by molar-refractivity contribution is -0.143. The molecule has 4 heterocycles. The average molecular weight is 1180 g/mol. The highest BCUT2D eigenvalue weighted by molar-refractivity contribution is 8.00. The summed E-state index contributed by atoms with van der Waals surface area (Å²) >= 11 is 8.12. The van der Waals surface area contributed by atoms with Gasteiger partial charge < -0.3 is 24.7 Å². The molecule has 77 heavy (non-hydrogen) atoms. The number of urea groups is 1. The van der Waals surface area contributed by atoms with Gasteiger partial charge in [-0.3, -0.25) is 23.5 Å². The van der Waals surface area contributed by atoms with Gasteiger partial charge in [-0.1, -0.05) is 37.4 Å². The van der Waals surface area contributed by atoms with Crippen LogP contribution in [0.2, 0.25) is 5.02 Å². The number of alkyl halides is 8. The summed E-state index contributed by atoms with van der Waals surface area (Å²) in [5, 5.41) is 9.62. The van der Waals surface area contributed by atoms with Gasteiger partial charge in [0.05, 0.1) is 32.4 Å². The second kappa shape index (κ2) is 25.9. The largest absolute Gasteiger partial charge is 0.440 e. The number of halogens is 11. The van der Waals surface area contributed by atoms with Crippen molar-refractivity contribution < 1.29 is 81.5 Å². The van der Waals surface area contributed by atoms with Crippen LogP contribution >= 0.6 is 32.0 Å². The number of fused-ring (bicyclic) bond motifs is 2. The smallest absolute Gasteiger partial charge is 0.435 e. The lowest BCUT2D eigenvalue weighted by Gasteiger charge is -2.24. The molecule has 1 aliphatic heterocycles. The predicted octanol–water partition coefficient (Wildman–Crippen LogP) is 10.1. The predicted molar refractivity (Wildman–Crippen MR) is 267 cm³/mol. The normalized spacial score (nSPS) is 14.9. The molecule has 1 fully saturated rings. The monoisotopic (exact) mass is 1170 g/mol. The van der Waals surface area contributed by atoms with Gasteiger partial charge in [-0.05, 0) is 87.6 Å². The van der Waals surface area contributed by atoms with Crippen molar-refractivity contribution in [1.29, 1.82) is 0 Å². The SMILES string of the molecule is CC.CSC(C)(C)C#Cc1ccc(-c2ccc(Cl)c3c(N(C(=O)N4CCCC4)S(C)=O)nn(CC(F)(F)F)c23)c(C(Cc2cc(F)cc(F)c2)NC(=O)Cn2nc(C(F)(F)F)c3c2C(F)(F)CC3)n1.O=COCOP(O)O. The molecular weight excluding hydrogens is 1130 g/mol. The summed E-state index contributed by atoms with van der Waals surface area (Å²) in [7, 11) is -4.61. The van der Waals surface area contributed by atoms with E-state index in [1.807, 2.05) is 13.8 Å². The van der Waals surface area contributed by atoms with Crippen LogP contribution in [0.1, 0.15) is 86.9 Å². The standard InChI is InChI=1S/C43H39ClF10N8O3S2.C2H5O5P.C2H6/c1-40(2,66-3)13-11-26-7-8-27(28-9-10-30(44)33-35(28)61(22-42(49,50)51)58-38(33)62(67(4)65)39(64)59-15-5-6-16-59)34(55-26)31(19-23-17-24(45)20-25(46)18-23)56-32(63)21-60-37-29(12-14-41(37,47)48)36(57-60)43(52,53)54;3-1-6-2-7-8(4)5;1-2/h7-10,17-18,20,31H,5-6,12,14-16,19,21-22H2,1-4H3,(H,56,63);1,4-5H,2H2;1-2H3. The number of anilines is 1. The van der Waals surface area contributed by atoms with Gasteiger partial charge in [-0.15, -0.1) is 11.8 Å². The third-order valence-corrected chi connectivity index (χ3v) is 14.0. The summed E-state index contributed by atoms with van der Waals surface area (Å²) < 4.78 is 167. The molecule has 1 saturated heterocycles. The Morgan fingerprint density at radius 2 is 1.65 bits per heavy atom. The Kier molecular flexibility index (Phi) is 21.0. The molecule has 2 atom stereocenters. The molecule has 0 saturated carbocycles. The van der Waals surface area contributed by atoms with Gasteiger partial charge in [0.25, 0.3) is 12.4 Å². The Morgan fingerprint density at radius 3 is 2.22 bits per heavy atom. The summed E-state index contributed by atoms with van der Waals surface area (Å²) in [4.78, 5) is 59.3. The van der Waals surface area contributed by atoms with Crippen molar-refractivity contribution in [2.75, 3.05) is 36.7 Å². The minimum atomic E-state index is -5.16. The number of pyridine rings is 1. The first-order valence-corrected chi connectivity index (χ1v) is 27.3. The van der Waals surface area contributed by atoms with Gasteiger partial charge in [0, 0.05) is 48.5 Å². The molecule has 420 valence electrons. The molecule has 2 unspecified atom stereocenters. The van der Waals surface area contributed by atoms with Crippen molar-refractivity contribution in [2.24, 2.45) is 0 Å². The van der Waals surface area contributed by atoms with E-state index in [0.717, 1.165) is 22.7 Å². The van der Waals surface area contributed by atoms with Crippen LogP contribution in [0.25, 0.3) is 22.0 Å². The second-order valence-electron chi connectivity index (χ2n) is 17.1. The van der Waals surface area contributed by atoms with E-state index in [1.165, 1.54) is 40.9 Å². The molecule has 5 aromatic rings. The Bertz CT molecular complexity index is 3020. The van der Waals surface area contributed by atoms with E-state index in [-0.39, 0.29) is 68.2 Å². The molecule has 0 radical (unpaired) electrons. The number of ether oxygens (including phenoxy) is 1. The van der Waals surface area contributed by atoms with Gasteiger partial charge in [0.15, 0.2) is 18.3 Å². The number of rotatable bonds is 15. The molecule has 30 heteroatoms. The molecule has 3 aromatic heterocycles. The molecule has 3 amide bonds. The van der Waals surface area contributed by atoms with Crippen LogP contribution in [0.3, 0.4) is 0 Å². The number of benzene rings is 2. The first-order valence-electron chi connectivity index (χ1n) is 23.0. The van der Waals surface area contributed by atoms with E-state index in [0.29, 0.717) is 23.6 Å². The second-order valence-corrected chi connectivity index (χ2v) is 20.9. The van der Waals surface area contributed by atoms with Crippen LogP contribution in [-0.4, -0.2) is 105 Å². The van der Waals surface area contributed by atoms with Crippen molar-refractivity contribution in [3.8, 4) is 23.0 Å². The Hall–Kier alpha value is -5.56.